The molecule has 2 aromatic carbocycles. The first-order chi connectivity index (χ1) is 15.1. The lowest BCUT2D eigenvalue weighted by molar-refractivity contribution is 0.0699. The first-order valence-electron chi connectivity index (χ1n) is 9.90. The van der Waals surface area contributed by atoms with Gasteiger partial charge in [-0.25, -0.2) is 14.1 Å². The molecule has 0 atom stereocenters. The first-order valence-corrected chi connectivity index (χ1v) is 9.90. The summed E-state index contributed by atoms with van der Waals surface area (Å²) >= 11 is 0. The lowest BCUT2D eigenvalue weighted by atomic mass is 9.98. The summed E-state index contributed by atoms with van der Waals surface area (Å²) in [6, 6.07) is 19.8. The van der Waals surface area contributed by atoms with Crippen molar-refractivity contribution in [2.75, 3.05) is 6.61 Å². The fourth-order valence-corrected chi connectivity index (χ4v) is 4.12. The molecule has 1 aliphatic carbocycles. The first kappa shape index (κ1) is 18.9. The number of ether oxygens (including phenoxy) is 1. The Balaban J connectivity index is 1.25. The second-order valence-electron chi connectivity index (χ2n) is 7.41. The Morgan fingerprint density at radius 3 is 2.39 bits per heavy atom. The maximum Gasteiger partial charge on any atom is 0.407 e. The van der Waals surface area contributed by atoms with Crippen LogP contribution < -0.4 is 5.32 Å². The van der Waals surface area contributed by atoms with Crippen LogP contribution in [-0.4, -0.2) is 33.4 Å². The Labute approximate surface area is 177 Å². The number of amides is 1. The van der Waals surface area contributed by atoms with Crippen LogP contribution in [0.25, 0.3) is 16.6 Å². The molecule has 154 valence electrons. The molecule has 1 aliphatic rings. The molecule has 31 heavy (non-hydrogen) atoms. The summed E-state index contributed by atoms with van der Waals surface area (Å²) in [6.45, 7) is 0.460. The van der Waals surface area contributed by atoms with Gasteiger partial charge in [0, 0.05) is 18.7 Å². The van der Waals surface area contributed by atoms with Crippen molar-refractivity contribution in [3.05, 3.63) is 95.3 Å². The normalized spacial score (nSPS) is 12.4. The minimum atomic E-state index is -1.04. The number of nitrogens with one attached hydrogen (secondary N) is 1. The van der Waals surface area contributed by atoms with E-state index in [-0.39, 0.29) is 24.6 Å². The number of fused-ring (bicyclic) bond motifs is 4. The standard InChI is InChI=1S/C24H19N3O4/c28-23(29)20-13-26-27-10-9-15(11-22(20)27)12-25-24(30)31-14-21-18-7-3-1-5-16(18)17-6-2-4-8-19(17)21/h1-11,13,21H,12,14H2,(H,25,30)(H,28,29). The molecule has 0 spiro atoms. The van der Waals surface area contributed by atoms with E-state index in [0.717, 1.165) is 16.7 Å². The number of carbonyl (C=O) groups excluding carboxylic acids is 1. The number of hydrogen-bond donors (Lipinski definition) is 2. The molecule has 2 heterocycles. The third-order valence-electron chi connectivity index (χ3n) is 5.60. The van der Waals surface area contributed by atoms with Crippen molar-refractivity contribution in [2.45, 2.75) is 12.5 Å². The van der Waals surface area contributed by atoms with Gasteiger partial charge in [-0.3, -0.25) is 0 Å². The molecule has 0 saturated heterocycles. The number of carboxylic acids is 1. The maximum atomic E-state index is 12.3. The fraction of sp³-hybridized carbons (Fsp3) is 0.125. The number of pyridine rings is 1. The minimum absolute atomic E-state index is 0.000539. The monoisotopic (exact) mass is 413 g/mol. The van der Waals surface area contributed by atoms with E-state index >= 15 is 0 Å². The van der Waals surface area contributed by atoms with Gasteiger partial charge in [-0.1, -0.05) is 48.5 Å². The summed E-state index contributed by atoms with van der Waals surface area (Å²) in [5.41, 5.74) is 6.00. The number of rotatable bonds is 5. The number of hydrogen-bond acceptors (Lipinski definition) is 4. The Bertz CT molecular complexity index is 1270. The van der Waals surface area contributed by atoms with Gasteiger partial charge in [0.25, 0.3) is 0 Å². The van der Waals surface area contributed by atoms with Gasteiger partial charge in [-0.05, 0) is 39.9 Å². The average Bonchev–Trinajstić information content (AvgIpc) is 3.35. The van der Waals surface area contributed by atoms with Crippen molar-refractivity contribution in [3.8, 4) is 11.1 Å². The zero-order valence-corrected chi connectivity index (χ0v) is 16.5. The van der Waals surface area contributed by atoms with E-state index in [9.17, 15) is 14.7 Å². The molecule has 2 N–H and O–H groups in total. The zero-order valence-electron chi connectivity index (χ0n) is 16.5. The van der Waals surface area contributed by atoms with E-state index in [4.69, 9.17) is 4.74 Å². The molecule has 4 aromatic rings. The average molecular weight is 413 g/mol. The van der Waals surface area contributed by atoms with Crippen LogP contribution in [0.5, 0.6) is 0 Å². The van der Waals surface area contributed by atoms with Crippen molar-refractivity contribution in [2.24, 2.45) is 0 Å². The van der Waals surface area contributed by atoms with Crippen molar-refractivity contribution < 1.29 is 19.4 Å². The molecular formula is C24H19N3O4. The van der Waals surface area contributed by atoms with Crippen LogP contribution >= 0.6 is 0 Å². The van der Waals surface area contributed by atoms with E-state index < -0.39 is 12.1 Å². The number of nitrogens with zero attached hydrogens (tertiary/aromatic N) is 2. The number of carbonyl (C=O) groups is 2. The topological polar surface area (TPSA) is 92.9 Å². The maximum absolute atomic E-state index is 12.3. The van der Waals surface area contributed by atoms with Gasteiger partial charge >= 0.3 is 12.1 Å². The number of aromatic nitrogens is 2. The van der Waals surface area contributed by atoms with Gasteiger partial charge in [-0.2, -0.15) is 5.10 Å². The summed E-state index contributed by atoms with van der Waals surface area (Å²) in [5.74, 6) is -1.05. The van der Waals surface area contributed by atoms with Crippen LogP contribution in [0.3, 0.4) is 0 Å². The number of benzene rings is 2. The predicted octanol–water partition coefficient (Wildman–Crippen LogP) is 4.07. The number of aromatic carboxylic acids is 1. The summed E-state index contributed by atoms with van der Waals surface area (Å²) in [5, 5.41) is 16.0. The Morgan fingerprint density at radius 1 is 1.03 bits per heavy atom. The fourth-order valence-electron chi connectivity index (χ4n) is 4.12. The van der Waals surface area contributed by atoms with Crippen LogP contribution in [0.2, 0.25) is 0 Å². The van der Waals surface area contributed by atoms with Gasteiger partial charge in [0.05, 0.1) is 11.7 Å². The minimum Gasteiger partial charge on any atom is -0.478 e. The Hall–Kier alpha value is -4.13. The second kappa shape index (κ2) is 7.60. The van der Waals surface area contributed by atoms with Gasteiger partial charge in [-0.15, -0.1) is 0 Å². The highest BCUT2D eigenvalue weighted by Gasteiger charge is 2.28. The van der Waals surface area contributed by atoms with Gasteiger partial charge in [0.1, 0.15) is 12.2 Å². The van der Waals surface area contributed by atoms with Crippen molar-refractivity contribution in [3.63, 3.8) is 0 Å². The van der Waals surface area contributed by atoms with E-state index in [2.05, 4.69) is 34.7 Å². The molecular weight excluding hydrogens is 394 g/mol. The second-order valence-corrected chi connectivity index (χ2v) is 7.41. The lowest BCUT2D eigenvalue weighted by Crippen LogP contribution is -2.25. The quantitative estimate of drug-likeness (QED) is 0.514. The van der Waals surface area contributed by atoms with Crippen molar-refractivity contribution in [1.82, 2.24) is 14.9 Å². The summed E-state index contributed by atoms with van der Waals surface area (Å²) < 4.78 is 7.02. The zero-order chi connectivity index (χ0) is 21.4. The smallest absolute Gasteiger partial charge is 0.407 e. The molecule has 7 nitrogen and oxygen atoms in total. The van der Waals surface area contributed by atoms with Crippen LogP contribution in [0.1, 0.15) is 33.0 Å². The highest BCUT2D eigenvalue weighted by molar-refractivity contribution is 5.95. The number of alkyl carbamates (subject to hydrolysis) is 1. The molecule has 2 aromatic heterocycles. The van der Waals surface area contributed by atoms with Gasteiger partial charge < -0.3 is 15.2 Å². The largest absolute Gasteiger partial charge is 0.478 e. The molecule has 7 heteroatoms. The molecule has 0 fully saturated rings. The molecule has 0 aliphatic heterocycles. The molecule has 0 unspecified atom stereocenters. The van der Waals surface area contributed by atoms with E-state index in [0.29, 0.717) is 5.52 Å². The van der Waals surface area contributed by atoms with Crippen molar-refractivity contribution in [1.29, 1.82) is 0 Å². The predicted molar refractivity (Wildman–Crippen MR) is 114 cm³/mol. The third-order valence-corrected chi connectivity index (χ3v) is 5.60. The van der Waals surface area contributed by atoms with Gasteiger partial charge in [0.2, 0.25) is 0 Å². The molecule has 0 saturated carbocycles. The lowest BCUT2D eigenvalue weighted by Gasteiger charge is -2.14. The Morgan fingerprint density at radius 2 is 1.71 bits per heavy atom. The van der Waals surface area contributed by atoms with Crippen LogP contribution in [0, 0.1) is 0 Å². The molecule has 0 radical (unpaired) electrons. The SMILES string of the molecule is O=C(NCc1ccn2ncc(C(=O)O)c2c1)OCC1c2ccccc2-c2ccccc21. The van der Waals surface area contributed by atoms with Crippen LogP contribution in [0.15, 0.2) is 73.1 Å². The molecule has 5 rings (SSSR count). The highest BCUT2D eigenvalue weighted by atomic mass is 16.5. The van der Waals surface area contributed by atoms with Crippen LogP contribution in [-0.2, 0) is 11.3 Å². The summed E-state index contributed by atoms with van der Waals surface area (Å²) in [6.07, 6.45) is 2.45. The highest BCUT2D eigenvalue weighted by Crippen LogP contribution is 2.44. The van der Waals surface area contributed by atoms with Crippen LogP contribution in [0.4, 0.5) is 4.79 Å². The van der Waals surface area contributed by atoms with Crippen molar-refractivity contribution >= 4 is 17.6 Å². The molecule has 1 amide bonds. The number of carboxylic acid groups (broad SMARTS) is 1. The van der Waals surface area contributed by atoms with E-state index in [1.165, 1.54) is 21.8 Å². The van der Waals surface area contributed by atoms with E-state index in [1.807, 2.05) is 24.3 Å². The Kier molecular flexibility index (Phi) is 4.63. The summed E-state index contributed by atoms with van der Waals surface area (Å²) in [4.78, 5) is 23.6. The molecule has 0 bridgehead atoms. The van der Waals surface area contributed by atoms with Gasteiger partial charge in [0.15, 0.2) is 0 Å². The third kappa shape index (κ3) is 3.40. The van der Waals surface area contributed by atoms with E-state index in [1.54, 1.807) is 18.3 Å². The summed E-state index contributed by atoms with van der Waals surface area (Å²) in [7, 11) is 0.